The fourth-order valence-electron chi connectivity index (χ4n) is 3.18. The number of aromatic nitrogens is 3. The summed E-state index contributed by atoms with van der Waals surface area (Å²) in [5, 5.41) is 3.93. The lowest BCUT2D eigenvalue weighted by molar-refractivity contribution is 0.0757. The molecule has 6 nitrogen and oxygen atoms in total. The molecule has 22 heavy (non-hydrogen) atoms. The third kappa shape index (κ3) is 2.65. The first kappa shape index (κ1) is 14.8. The molecular formula is C16H22N4O2. The van der Waals surface area contributed by atoms with Crippen LogP contribution in [0.15, 0.2) is 16.9 Å². The fourth-order valence-corrected chi connectivity index (χ4v) is 3.18. The number of aryl methyl sites for hydroxylation is 3. The highest BCUT2D eigenvalue weighted by molar-refractivity contribution is 5.96. The van der Waals surface area contributed by atoms with Gasteiger partial charge >= 0.3 is 0 Å². The van der Waals surface area contributed by atoms with Gasteiger partial charge in [-0.05, 0) is 19.3 Å². The van der Waals surface area contributed by atoms with Gasteiger partial charge in [-0.1, -0.05) is 12.1 Å². The van der Waals surface area contributed by atoms with Crippen LogP contribution in [0.25, 0.3) is 0 Å². The Balaban J connectivity index is 1.68. The zero-order valence-corrected chi connectivity index (χ0v) is 13.4. The van der Waals surface area contributed by atoms with Crippen molar-refractivity contribution >= 4 is 5.91 Å². The first-order valence-electron chi connectivity index (χ1n) is 7.80. The number of nitrogens with zero attached hydrogens (tertiary/aromatic N) is 4. The van der Waals surface area contributed by atoms with E-state index >= 15 is 0 Å². The van der Waals surface area contributed by atoms with Crippen LogP contribution in [0.4, 0.5) is 0 Å². The first-order valence-corrected chi connectivity index (χ1v) is 7.80. The van der Waals surface area contributed by atoms with Gasteiger partial charge in [0.1, 0.15) is 17.1 Å². The van der Waals surface area contributed by atoms with E-state index in [4.69, 9.17) is 4.52 Å². The molecule has 6 heteroatoms. The normalized spacial score (nSPS) is 17.3. The van der Waals surface area contributed by atoms with Crippen molar-refractivity contribution in [3.8, 4) is 0 Å². The summed E-state index contributed by atoms with van der Waals surface area (Å²) >= 11 is 0. The number of carbonyl (C=O) groups excluding carboxylic acids is 1. The molecule has 2 aromatic rings. The Morgan fingerprint density at radius 2 is 2.36 bits per heavy atom. The molecule has 1 unspecified atom stereocenters. The molecule has 0 radical (unpaired) electrons. The van der Waals surface area contributed by atoms with Crippen LogP contribution in [0.5, 0.6) is 0 Å². The van der Waals surface area contributed by atoms with Crippen LogP contribution in [0, 0.1) is 12.8 Å². The van der Waals surface area contributed by atoms with Crippen molar-refractivity contribution in [2.45, 2.75) is 39.7 Å². The van der Waals surface area contributed by atoms with E-state index in [1.165, 1.54) is 0 Å². The van der Waals surface area contributed by atoms with E-state index in [0.717, 1.165) is 31.8 Å². The van der Waals surface area contributed by atoms with E-state index in [9.17, 15) is 4.79 Å². The summed E-state index contributed by atoms with van der Waals surface area (Å²) in [6.07, 6.45) is 6.59. The summed E-state index contributed by atoms with van der Waals surface area (Å²) in [6, 6.07) is 0. The summed E-state index contributed by atoms with van der Waals surface area (Å²) in [7, 11) is 1.86. The second kappa shape index (κ2) is 5.94. The Morgan fingerprint density at radius 3 is 3.14 bits per heavy atom. The predicted octanol–water partition coefficient (Wildman–Crippen LogP) is 2.08. The van der Waals surface area contributed by atoms with Gasteiger partial charge < -0.3 is 14.0 Å². The van der Waals surface area contributed by atoms with Crippen LogP contribution in [-0.2, 0) is 19.4 Å². The molecule has 1 aliphatic heterocycles. The molecule has 0 bridgehead atoms. The van der Waals surface area contributed by atoms with E-state index in [1.54, 1.807) is 4.90 Å². The van der Waals surface area contributed by atoms with Crippen molar-refractivity contribution in [2.24, 2.45) is 5.92 Å². The lowest BCUT2D eigenvalue weighted by Crippen LogP contribution is -2.35. The van der Waals surface area contributed by atoms with Gasteiger partial charge in [0, 0.05) is 45.4 Å². The smallest absolute Gasteiger partial charge is 0.259 e. The minimum Gasteiger partial charge on any atom is -0.360 e. The molecule has 0 saturated heterocycles. The first-order chi connectivity index (χ1) is 10.6. The number of imidazole rings is 1. The third-order valence-electron chi connectivity index (χ3n) is 4.38. The van der Waals surface area contributed by atoms with E-state index in [-0.39, 0.29) is 5.91 Å². The zero-order chi connectivity index (χ0) is 15.7. The quantitative estimate of drug-likeness (QED) is 0.867. The van der Waals surface area contributed by atoms with Crippen LogP contribution in [0.2, 0.25) is 0 Å². The second-order valence-electron chi connectivity index (χ2n) is 6.01. The summed E-state index contributed by atoms with van der Waals surface area (Å²) in [5.74, 6) is 2.29. The molecular weight excluding hydrogens is 280 g/mol. The number of fused-ring (bicyclic) bond motifs is 1. The van der Waals surface area contributed by atoms with Gasteiger partial charge in [-0.25, -0.2) is 4.98 Å². The van der Waals surface area contributed by atoms with E-state index in [0.29, 0.717) is 29.4 Å². The Kier molecular flexibility index (Phi) is 4.00. The molecule has 1 aliphatic rings. The van der Waals surface area contributed by atoms with Crippen LogP contribution in [0.1, 0.15) is 41.0 Å². The maximum absolute atomic E-state index is 12.7. The average molecular weight is 302 g/mol. The third-order valence-corrected chi connectivity index (χ3v) is 4.38. The minimum atomic E-state index is 0.00651. The highest BCUT2D eigenvalue weighted by Gasteiger charge is 2.26. The molecule has 0 N–H and O–H groups in total. The lowest BCUT2D eigenvalue weighted by Gasteiger charge is -2.28. The summed E-state index contributed by atoms with van der Waals surface area (Å²) in [4.78, 5) is 18.8. The Hall–Kier alpha value is -2.11. The van der Waals surface area contributed by atoms with E-state index < -0.39 is 0 Å². The lowest BCUT2D eigenvalue weighted by atomic mass is 9.98. The number of carbonyl (C=O) groups is 1. The van der Waals surface area contributed by atoms with Crippen LogP contribution in [-0.4, -0.2) is 39.1 Å². The molecule has 118 valence electrons. The summed E-state index contributed by atoms with van der Waals surface area (Å²) in [5.41, 5.74) is 1.30. The van der Waals surface area contributed by atoms with Crippen molar-refractivity contribution in [3.05, 3.63) is 35.2 Å². The van der Waals surface area contributed by atoms with Crippen molar-refractivity contribution in [1.82, 2.24) is 19.6 Å². The largest absolute Gasteiger partial charge is 0.360 e. The number of amides is 1. The van der Waals surface area contributed by atoms with Gasteiger partial charge in [0.25, 0.3) is 5.91 Å². The SMILES string of the molecule is CCc1onc(C)c1C(=O)N(C)CC1CCc2nccn2C1. The summed E-state index contributed by atoms with van der Waals surface area (Å²) < 4.78 is 7.42. The van der Waals surface area contributed by atoms with Gasteiger partial charge in [-0.2, -0.15) is 0 Å². The molecule has 0 aliphatic carbocycles. The molecule has 0 aromatic carbocycles. The zero-order valence-electron chi connectivity index (χ0n) is 13.4. The minimum absolute atomic E-state index is 0.00651. The van der Waals surface area contributed by atoms with Gasteiger partial charge in [0.2, 0.25) is 0 Å². The highest BCUT2D eigenvalue weighted by atomic mass is 16.5. The molecule has 0 spiro atoms. The summed E-state index contributed by atoms with van der Waals surface area (Å²) in [6.45, 7) is 5.46. The second-order valence-corrected chi connectivity index (χ2v) is 6.01. The number of rotatable bonds is 4. The number of hydrogen-bond acceptors (Lipinski definition) is 4. The molecule has 3 heterocycles. The van der Waals surface area contributed by atoms with Gasteiger partial charge in [0.05, 0.1) is 5.69 Å². The predicted molar refractivity (Wildman–Crippen MR) is 81.6 cm³/mol. The topological polar surface area (TPSA) is 64.2 Å². The molecule has 2 aromatic heterocycles. The fraction of sp³-hybridized carbons (Fsp3) is 0.562. The molecule has 0 saturated carbocycles. The van der Waals surface area contributed by atoms with Gasteiger partial charge in [-0.3, -0.25) is 4.79 Å². The van der Waals surface area contributed by atoms with Gasteiger partial charge in [0.15, 0.2) is 0 Å². The van der Waals surface area contributed by atoms with Crippen LogP contribution >= 0.6 is 0 Å². The average Bonchev–Trinajstić information content (AvgIpc) is 3.11. The van der Waals surface area contributed by atoms with Crippen molar-refractivity contribution in [1.29, 1.82) is 0 Å². The molecule has 1 amide bonds. The van der Waals surface area contributed by atoms with Crippen molar-refractivity contribution in [3.63, 3.8) is 0 Å². The standard InChI is InChI=1S/C16H22N4O2/c1-4-13-15(11(2)18-22-13)16(21)19(3)9-12-5-6-14-17-7-8-20(14)10-12/h7-8,12H,4-6,9-10H2,1-3H3. The highest BCUT2D eigenvalue weighted by Crippen LogP contribution is 2.21. The Bertz CT molecular complexity index is 673. The van der Waals surface area contributed by atoms with Crippen molar-refractivity contribution < 1.29 is 9.32 Å². The van der Waals surface area contributed by atoms with E-state index in [1.807, 2.05) is 33.3 Å². The van der Waals surface area contributed by atoms with Crippen LogP contribution < -0.4 is 0 Å². The van der Waals surface area contributed by atoms with Gasteiger partial charge in [-0.15, -0.1) is 0 Å². The van der Waals surface area contributed by atoms with E-state index in [2.05, 4.69) is 14.7 Å². The number of hydrogen-bond donors (Lipinski definition) is 0. The maximum Gasteiger partial charge on any atom is 0.259 e. The molecule has 0 fully saturated rings. The molecule has 1 atom stereocenters. The maximum atomic E-state index is 12.7. The monoisotopic (exact) mass is 302 g/mol. The Morgan fingerprint density at radius 1 is 1.55 bits per heavy atom. The molecule has 3 rings (SSSR count). The van der Waals surface area contributed by atoms with Crippen LogP contribution in [0.3, 0.4) is 0 Å². The van der Waals surface area contributed by atoms with Crippen molar-refractivity contribution in [2.75, 3.05) is 13.6 Å². The Labute approximate surface area is 130 Å².